The normalized spacial score (nSPS) is 11.6. The summed E-state index contributed by atoms with van der Waals surface area (Å²) in [6, 6.07) is 2.51. The van der Waals surface area contributed by atoms with Crippen molar-refractivity contribution in [3.05, 3.63) is 46.7 Å². The molecule has 0 aliphatic rings. The number of esters is 1. The summed E-state index contributed by atoms with van der Waals surface area (Å²) >= 11 is 0. The zero-order valence-corrected chi connectivity index (χ0v) is 10.7. The van der Waals surface area contributed by atoms with Gasteiger partial charge in [-0.15, -0.1) is 0 Å². The Morgan fingerprint density at radius 1 is 1.26 bits per heavy atom. The van der Waals surface area contributed by atoms with Gasteiger partial charge in [-0.25, -0.2) is 13.6 Å². The van der Waals surface area contributed by atoms with Gasteiger partial charge in [0.05, 0.1) is 12.7 Å². The average molecular weight is 269 g/mol. The predicted molar refractivity (Wildman–Crippen MR) is 64.5 cm³/mol. The molecule has 0 saturated carbocycles. The van der Waals surface area contributed by atoms with Crippen LogP contribution in [0.1, 0.15) is 17.3 Å². The molecule has 0 atom stereocenters. The van der Waals surface area contributed by atoms with Crippen molar-refractivity contribution in [3.8, 4) is 0 Å². The number of ketones is 1. The lowest BCUT2D eigenvalue weighted by atomic mass is 10.0. The molecule has 0 aromatic heterocycles. The Labute approximate surface area is 109 Å². The van der Waals surface area contributed by atoms with Crippen molar-refractivity contribution >= 4 is 11.8 Å². The fourth-order valence-electron chi connectivity index (χ4n) is 1.45. The SMILES string of the molecule is CN/C(C)=C(\C(=O)OC)C(=O)c1ccc(F)cc1F. The second-order valence-electron chi connectivity index (χ2n) is 3.69. The second-order valence-corrected chi connectivity index (χ2v) is 3.69. The molecule has 4 nitrogen and oxygen atoms in total. The standard InChI is InChI=1S/C13H13F2NO3/c1-7(16-2)11(13(18)19-3)12(17)9-5-4-8(14)6-10(9)15/h4-6,16H,1-3H3/b11-7-. The topological polar surface area (TPSA) is 55.4 Å². The quantitative estimate of drug-likeness (QED) is 0.298. The summed E-state index contributed by atoms with van der Waals surface area (Å²) in [4.78, 5) is 23.7. The molecule has 1 N–H and O–H groups in total. The Balaban J connectivity index is 3.32. The van der Waals surface area contributed by atoms with E-state index in [2.05, 4.69) is 10.1 Å². The number of Topliss-reactive ketones (excluding diaryl/α,β-unsaturated/α-hetero) is 1. The zero-order chi connectivity index (χ0) is 14.6. The highest BCUT2D eigenvalue weighted by atomic mass is 19.1. The lowest BCUT2D eigenvalue weighted by molar-refractivity contribution is -0.135. The van der Waals surface area contributed by atoms with Crippen LogP contribution in [0.25, 0.3) is 0 Å². The van der Waals surface area contributed by atoms with E-state index in [1.807, 2.05) is 0 Å². The van der Waals surface area contributed by atoms with Crippen LogP contribution in [-0.4, -0.2) is 25.9 Å². The van der Waals surface area contributed by atoms with E-state index in [1.54, 1.807) is 0 Å². The van der Waals surface area contributed by atoms with Crippen molar-refractivity contribution in [2.45, 2.75) is 6.92 Å². The first kappa shape index (κ1) is 14.8. The highest BCUT2D eigenvalue weighted by Gasteiger charge is 2.25. The number of halogens is 2. The molecule has 0 saturated heterocycles. The first-order valence-electron chi connectivity index (χ1n) is 5.39. The van der Waals surface area contributed by atoms with Gasteiger partial charge in [-0.1, -0.05) is 0 Å². The Kier molecular flexibility index (Phi) is 4.74. The number of rotatable bonds is 4. The Morgan fingerprint density at radius 2 is 1.89 bits per heavy atom. The maximum Gasteiger partial charge on any atom is 0.343 e. The van der Waals surface area contributed by atoms with Crippen LogP contribution in [0.2, 0.25) is 0 Å². The molecule has 0 bridgehead atoms. The number of nitrogens with one attached hydrogen (secondary N) is 1. The van der Waals surface area contributed by atoms with Crippen molar-refractivity contribution in [1.82, 2.24) is 5.32 Å². The van der Waals surface area contributed by atoms with E-state index in [9.17, 15) is 18.4 Å². The minimum Gasteiger partial charge on any atom is -0.465 e. The molecule has 6 heteroatoms. The molecule has 0 radical (unpaired) electrons. The third-order valence-electron chi connectivity index (χ3n) is 2.54. The predicted octanol–water partition coefficient (Wildman–Crippen LogP) is 1.81. The van der Waals surface area contributed by atoms with Gasteiger partial charge in [0.15, 0.2) is 0 Å². The molecule has 102 valence electrons. The lowest BCUT2D eigenvalue weighted by Gasteiger charge is -2.09. The number of hydrogen-bond acceptors (Lipinski definition) is 4. The van der Waals surface area contributed by atoms with Crippen LogP contribution in [0.5, 0.6) is 0 Å². The van der Waals surface area contributed by atoms with Gasteiger partial charge in [-0.05, 0) is 19.1 Å². The third kappa shape index (κ3) is 3.15. The van der Waals surface area contributed by atoms with Gasteiger partial charge in [0.25, 0.3) is 0 Å². The minimum absolute atomic E-state index is 0.237. The van der Waals surface area contributed by atoms with Crippen molar-refractivity contribution in [3.63, 3.8) is 0 Å². The van der Waals surface area contributed by atoms with Gasteiger partial charge in [-0.2, -0.15) is 0 Å². The number of carbonyl (C=O) groups is 2. The highest BCUT2D eigenvalue weighted by Crippen LogP contribution is 2.17. The van der Waals surface area contributed by atoms with Crippen LogP contribution in [0.3, 0.4) is 0 Å². The van der Waals surface area contributed by atoms with E-state index in [1.165, 1.54) is 14.0 Å². The van der Waals surface area contributed by atoms with Crippen LogP contribution in [0.15, 0.2) is 29.5 Å². The van der Waals surface area contributed by atoms with Crippen molar-refractivity contribution in [1.29, 1.82) is 0 Å². The van der Waals surface area contributed by atoms with Crippen LogP contribution < -0.4 is 5.32 Å². The van der Waals surface area contributed by atoms with Crippen LogP contribution >= 0.6 is 0 Å². The summed E-state index contributed by atoms with van der Waals surface area (Å²) in [5.41, 5.74) is -0.479. The molecule has 0 amide bonds. The summed E-state index contributed by atoms with van der Waals surface area (Å²) in [6.45, 7) is 1.48. The van der Waals surface area contributed by atoms with Gasteiger partial charge in [0, 0.05) is 18.8 Å². The van der Waals surface area contributed by atoms with E-state index in [0.717, 1.165) is 19.2 Å². The number of hydrogen-bond donors (Lipinski definition) is 1. The van der Waals surface area contributed by atoms with Gasteiger partial charge < -0.3 is 10.1 Å². The first-order valence-corrected chi connectivity index (χ1v) is 5.39. The van der Waals surface area contributed by atoms with E-state index in [0.29, 0.717) is 6.07 Å². The Morgan fingerprint density at radius 3 is 2.37 bits per heavy atom. The molecule has 0 unspecified atom stereocenters. The Bertz CT molecular complexity index is 553. The lowest BCUT2D eigenvalue weighted by Crippen LogP contribution is -2.21. The molecule has 0 fully saturated rings. The maximum absolute atomic E-state index is 13.5. The monoisotopic (exact) mass is 269 g/mol. The summed E-state index contributed by atoms with van der Waals surface area (Å²) in [5, 5.41) is 2.62. The fraction of sp³-hybridized carbons (Fsp3) is 0.231. The maximum atomic E-state index is 13.5. The third-order valence-corrected chi connectivity index (χ3v) is 2.54. The molecular weight excluding hydrogens is 256 g/mol. The molecule has 0 aliphatic heterocycles. The summed E-state index contributed by atoms with van der Waals surface area (Å²) in [7, 11) is 2.62. The van der Waals surface area contributed by atoms with Crippen LogP contribution in [0, 0.1) is 11.6 Å². The number of methoxy groups -OCH3 is 1. The molecule has 0 spiro atoms. The molecular formula is C13H13F2NO3. The van der Waals surface area contributed by atoms with Gasteiger partial charge in [0.1, 0.15) is 17.2 Å². The number of carbonyl (C=O) groups excluding carboxylic acids is 2. The zero-order valence-electron chi connectivity index (χ0n) is 10.7. The summed E-state index contributed by atoms with van der Waals surface area (Å²) in [6.07, 6.45) is 0. The average Bonchev–Trinajstić information content (AvgIpc) is 2.38. The van der Waals surface area contributed by atoms with Crippen LogP contribution in [-0.2, 0) is 9.53 Å². The van der Waals surface area contributed by atoms with E-state index in [-0.39, 0.29) is 11.3 Å². The summed E-state index contributed by atoms with van der Waals surface area (Å²) in [5.74, 6) is -3.59. The van der Waals surface area contributed by atoms with Gasteiger partial charge in [0.2, 0.25) is 5.78 Å². The van der Waals surface area contributed by atoms with Crippen LogP contribution in [0.4, 0.5) is 8.78 Å². The van der Waals surface area contributed by atoms with E-state index in [4.69, 9.17) is 0 Å². The van der Waals surface area contributed by atoms with Crippen molar-refractivity contribution < 1.29 is 23.1 Å². The molecule has 1 aromatic carbocycles. The molecule has 1 aromatic rings. The largest absolute Gasteiger partial charge is 0.465 e. The van der Waals surface area contributed by atoms with Crippen molar-refractivity contribution in [2.75, 3.05) is 14.2 Å². The smallest absolute Gasteiger partial charge is 0.343 e. The van der Waals surface area contributed by atoms with Crippen molar-refractivity contribution in [2.24, 2.45) is 0 Å². The minimum atomic E-state index is -1.03. The van der Waals surface area contributed by atoms with E-state index >= 15 is 0 Å². The number of benzene rings is 1. The molecule has 0 heterocycles. The Hall–Kier alpha value is -2.24. The van der Waals surface area contributed by atoms with E-state index < -0.39 is 29.0 Å². The fourth-order valence-corrected chi connectivity index (χ4v) is 1.45. The molecule has 19 heavy (non-hydrogen) atoms. The first-order chi connectivity index (χ1) is 8.92. The molecule has 1 rings (SSSR count). The second kappa shape index (κ2) is 6.08. The van der Waals surface area contributed by atoms with Gasteiger partial charge in [-0.3, -0.25) is 4.79 Å². The highest BCUT2D eigenvalue weighted by molar-refractivity contribution is 6.24. The number of allylic oxidation sites excluding steroid dienone is 1. The summed E-state index contributed by atoms with van der Waals surface area (Å²) < 4.78 is 30.8. The number of ether oxygens (including phenoxy) is 1. The molecule has 0 aliphatic carbocycles. The van der Waals surface area contributed by atoms with Gasteiger partial charge >= 0.3 is 5.97 Å².